The number of fused-ring (bicyclic) bond motifs is 1. The molecule has 2 heterocycles. The van der Waals surface area contributed by atoms with E-state index in [-0.39, 0.29) is 12.2 Å². The van der Waals surface area contributed by atoms with Gasteiger partial charge in [0.25, 0.3) is 0 Å². The van der Waals surface area contributed by atoms with Gasteiger partial charge in [-0.05, 0) is 6.07 Å². The number of nitrogens with zero attached hydrogens (tertiary/aromatic N) is 3. The van der Waals surface area contributed by atoms with E-state index in [0.29, 0.717) is 11.8 Å². The van der Waals surface area contributed by atoms with Crippen LogP contribution in [0, 0.1) is 0 Å². The molecule has 0 aliphatic carbocycles. The second-order valence-corrected chi connectivity index (χ2v) is 2.98. The molecule has 0 fully saturated rings. The topological polar surface area (TPSA) is 56.9 Å². The molecule has 0 aliphatic rings. The van der Waals surface area contributed by atoms with Gasteiger partial charge in [0.2, 0.25) is 0 Å². The van der Waals surface area contributed by atoms with Crippen molar-refractivity contribution in [1.29, 1.82) is 0 Å². The van der Waals surface area contributed by atoms with Crippen LogP contribution in [0.3, 0.4) is 0 Å². The van der Waals surface area contributed by atoms with E-state index in [9.17, 15) is 9.59 Å². The molecule has 2 aromatic heterocycles. The van der Waals surface area contributed by atoms with E-state index in [1.165, 1.54) is 9.13 Å². The molecule has 72 valence electrons. The number of hydrogen-bond acceptors (Lipinski definition) is 3. The average Bonchev–Trinajstić information content (AvgIpc) is 2.45. The minimum absolute atomic E-state index is 0.0713. The first-order chi connectivity index (χ1) is 6.75. The average molecular weight is 191 g/mol. The highest BCUT2D eigenvalue weighted by Gasteiger charge is 2.08. The Morgan fingerprint density at radius 1 is 1.50 bits per heavy atom. The monoisotopic (exact) mass is 191 g/mol. The fraction of sp³-hybridized carbons (Fsp3) is 0.222. The van der Waals surface area contributed by atoms with Crippen LogP contribution < -0.4 is 5.69 Å². The van der Waals surface area contributed by atoms with Crippen molar-refractivity contribution in [2.75, 3.05) is 0 Å². The molecule has 0 atom stereocenters. The lowest BCUT2D eigenvalue weighted by atomic mass is 10.4. The molecule has 0 radical (unpaired) electrons. The normalized spacial score (nSPS) is 10.6. The van der Waals surface area contributed by atoms with Gasteiger partial charge < -0.3 is 4.79 Å². The number of aldehydes is 1. The molecule has 0 aliphatic heterocycles. The van der Waals surface area contributed by atoms with Gasteiger partial charge in [-0.3, -0.25) is 14.1 Å². The van der Waals surface area contributed by atoms with E-state index >= 15 is 0 Å². The standard InChI is InChI=1S/C9H9N3O2/c1-11-7-2-3-10-6-8(7)12(4-5-13)9(11)14/h2-3,5-6H,4H2,1H3. The quantitative estimate of drug-likeness (QED) is 0.624. The van der Waals surface area contributed by atoms with Gasteiger partial charge in [0.05, 0.1) is 23.8 Å². The van der Waals surface area contributed by atoms with Crippen molar-refractivity contribution in [1.82, 2.24) is 14.1 Å². The summed E-state index contributed by atoms with van der Waals surface area (Å²) in [7, 11) is 1.67. The van der Waals surface area contributed by atoms with E-state index in [1.807, 2.05) is 0 Å². The Balaban J connectivity index is 2.87. The van der Waals surface area contributed by atoms with Gasteiger partial charge in [-0.25, -0.2) is 4.79 Å². The van der Waals surface area contributed by atoms with Crippen LogP contribution in [0.2, 0.25) is 0 Å². The number of rotatable bonds is 2. The van der Waals surface area contributed by atoms with Crippen molar-refractivity contribution in [3.05, 3.63) is 28.9 Å². The fourth-order valence-corrected chi connectivity index (χ4v) is 1.51. The van der Waals surface area contributed by atoms with Crippen LogP contribution in [0.1, 0.15) is 0 Å². The van der Waals surface area contributed by atoms with Gasteiger partial charge in [0, 0.05) is 13.2 Å². The molecule has 5 nitrogen and oxygen atoms in total. The van der Waals surface area contributed by atoms with E-state index in [0.717, 1.165) is 5.52 Å². The summed E-state index contributed by atoms with van der Waals surface area (Å²) in [4.78, 5) is 25.9. The van der Waals surface area contributed by atoms with Crippen LogP contribution in [-0.4, -0.2) is 20.4 Å². The van der Waals surface area contributed by atoms with Crippen LogP contribution in [0.4, 0.5) is 0 Å². The highest BCUT2D eigenvalue weighted by atomic mass is 16.2. The lowest BCUT2D eigenvalue weighted by molar-refractivity contribution is -0.108. The highest BCUT2D eigenvalue weighted by molar-refractivity contribution is 5.75. The van der Waals surface area contributed by atoms with Crippen molar-refractivity contribution in [3.8, 4) is 0 Å². The molecule has 0 unspecified atom stereocenters. The molecule has 2 rings (SSSR count). The number of imidazole rings is 1. The molecule has 0 N–H and O–H groups in total. The molecule has 5 heteroatoms. The molecular formula is C9H9N3O2. The third kappa shape index (κ3) is 1.06. The van der Waals surface area contributed by atoms with Crippen LogP contribution in [0.15, 0.2) is 23.3 Å². The fourth-order valence-electron chi connectivity index (χ4n) is 1.51. The number of carbonyl (C=O) groups excluding carboxylic acids is 1. The molecule has 14 heavy (non-hydrogen) atoms. The maximum absolute atomic E-state index is 11.6. The number of carbonyl (C=O) groups is 1. The Hall–Kier alpha value is -1.91. The van der Waals surface area contributed by atoms with Gasteiger partial charge in [0.15, 0.2) is 0 Å². The largest absolute Gasteiger partial charge is 0.329 e. The summed E-state index contributed by atoms with van der Waals surface area (Å²) in [6, 6.07) is 1.75. The minimum Gasteiger partial charge on any atom is -0.301 e. The second-order valence-electron chi connectivity index (χ2n) is 2.98. The zero-order valence-corrected chi connectivity index (χ0v) is 7.67. The Kier molecular flexibility index (Phi) is 1.92. The first kappa shape index (κ1) is 8.68. The molecule has 2 aromatic rings. The predicted octanol–water partition coefficient (Wildman–Crippen LogP) is -0.0661. The van der Waals surface area contributed by atoms with Crippen LogP contribution in [0.25, 0.3) is 11.0 Å². The third-order valence-corrected chi connectivity index (χ3v) is 2.20. The zero-order valence-electron chi connectivity index (χ0n) is 7.67. The van der Waals surface area contributed by atoms with Crippen LogP contribution >= 0.6 is 0 Å². The van der Waals surface area contributed by atoms with E-state index in [4.69, 9.17) is 0 Å². The summed E-state index contributed by atoms with van der Waals surface area (Å²) in [5.41, 5.74) is 1.28. The van der Waals surface area contributed by atoms with Gasteiger partial charge in [-0.15, -0.1) is 0 Å². The molecule has 0 saturated heterocycles. The van der Waals surface area contributed by atoms with Crippen molar-refractivity contribution in [2.45, 2.75) is 6.54 Å². The first-order valence-electron chi connectivity index (χ1n) is 4.18. The Bertz CT molecular complexity index is 538. The molecule has 0 aromatic carbocycles. The lowest BCUT2D eigenvalue weighted by Crippen LogP contribution is -2.22. The van der Waals surface area contributed by atoms with Gasteiger partial charge in [0.1, 0.15) is 6.29 Å². The van der Waals surface area contributed by atoms with Crippen LogP contribution in [0.5, 0.6) is 0 Å². The number of hydrogen-bond donors (Lipinski definition) is 0. The van der Waals surface area contributed by atoms with E-state index in [2.05, 4.69) is 4.98 Å². The van der Waals surface area contributed by atoms with Crippen LogP contribution in [-0.2, 0) is 18.4 Å². The Labute approximate surface area is 79.6 Å². The maximum Gasteiger partial charge on any atom is 0.329 e. The SMILES string of the molecule is Cn1c(=O)n(CC=O)c2cnccc21. The lowest BCUT2D eigenvalue weighted by Gasteiger charge is -1.93. The predicted molar refractivity (Wildman–Crippen MR) is 51.0 cm³/mol. The molecular weight excluding hydrogens is 182 g/mol. The van der Waals surface area contributed by atoms with E-state index in [1.54, 1.807) is 25.5 Å². The summed E-state index contributed by atoms with van der Waals surface area (Å²) >= 11 is 0. The third-order valence-electron chi connectivity index (χ3n) is 2.20. The van der Waals surface area contributed by atoms with Crippen molar-refractivity contribution < 1.29 is 4.79 Å². The molecule has 0 spiro atoms. The van der Waals surface area contributed by atoms with Gasteiger partial charge in [-0.1, -0.05) is 0 Å². The number of aromatic nitrogens is 3. The van der Waals surface area contributed by atoms with E-state index < -0.39 is 0 Å². The number of pyridine rings is 1. The van der Waals surface area contributed by atoms with Crippen molar-refractivity contribution in [2.24, 2.45) is 7.05 Å². The summed E-state index contributed by atoms with van der Waals surface area (Å²) in [5.74, 6) is 0. The zero-order chi connectivity index (χ0) is 10.1. The number of aryl methyl sites for hydroxylation is 1. The summed E-state index contributed by atoms with van der Waals surface area (Å²) in [5, 5.41) is 0. The van der Waals surface area contributed by atoms with Gasteiger partial charge in [-0.2, -0.15) is 0 Å². The molecule has 0 amide bonds. The second kappa shape index (κ2) is 3.10. The summed E-state index contributed by atoms with van der Waals surface area (Å²) in [6.45, 7) is 0.0713. The molecule has 0 bridgehead atoms. The Morgan fingerprint density at radius 2 is 2.29 bits per heavy atom. The maximum atomic E-state index is 11.6. The molecule has 0 saturated carbocycles. The highest BCUT2D eigenvalue weighted by Crippen LogP contribution is 2.08. The van der Waals surface area contributed by atoms with Gasteiger partial charge >= 0.3 is 5.69 Å². The minimum atomic E-state index is -0.194. The summed E-state index contributed by atoms with van der Waals surface area (Å²) in [6.07, 6.45) is 3.90. The van der Waals surface area contributed by atoms with Crippen molar-refractivity contribution >= 4 is 17.3 Å². The smallest absolute Gasteiger partial charge is 0.301 e. The van der Waals surface area contributed by atoms with Crippen molar-refractivity contribution in [3.63, 3.8) is 0 Å². The summed E-state index contributed by atoms with van der Waals surface area (Å²) < 4.78 is 2.90. The first-order valence-corrected chi connectivity index (χ1v) is 4.18. The Morgan fingerprint density at radius 3 is 3.00 bits per heavy atom.